The highest BCUT2D eigenvalue weighted by atomic mass is 32.1. The van der Waals surface area contributed by atoms with E-state index in [4.69, 9.17) is 9.72 Å². The molecule has 0 saturated carbocycles. The maximum atomic E-state index is 12.8. The molecule has 1 N–H and O–H groups in total. The van der Waals surface area contributed by atoms with Crippen LogP contribution >= 0.6 is 11.3 Å². The second-order valence-corrected chi connectivity index (χ2v) is 9.56. The van der Waals surface area contributed by atoms with Crippen molar-refractivity contribution >= 4 is 34.0 Å². The summed E-state index contributed by atoms with van der Waals surface area (Å²) in [4.78, 5) is 35.4. The van der Waals surface area contributed by atoms with Crippen LogP contribution in [0.5, 0.6) is 5.75 Å². The van der Waals surface area contributed by atoms with Crippen molar-refractivity contribution in [1.29, 1.82) is 0 Å². The molecule has 1 aromatic carbocycles. The van der Waals surface area contributed by atoms with Gasteiger partial charge in [-0.1, -0.05) is 19.9 Å². The van der Waals surface area contributed by atoms with Crippen molar-refractivity contribution in [3.05, 3.63) is 34.8 Å². The number of benzene rings is 1. The number of carbonyl (C=O) groups is 2. The minimum atomic E-state index is -0.0486. The van der Waals surface area contributed by atoms with Crippen molar-refractivity contribution in [3.63, 3.8) is 0 Å². The molecule has 0 unspecified atom stereocenters. The number of thiazole rings is 1. The number of piperazine rings is 1. The Labute approximate surface area is 187 Å². The first kappa shape index (κ1) is 21.6. The highest BCUT2D eigenvalue weighted by Crippen LogP contribution is 2.35. The minimum Gasteiger partial charge on any atom is -0.497 e. The van der Waals surface area contributed by atoms with Gasteiger partial charge in [0.15, 0.2) is 5.13 Å². The van der Waals surface area contributed by atoms with Gasteiger partial charge in [-0.15, -0.1) is 11.3 Å². The SMILES string of the molecule is COc1cccc(NC(=O)[C@H]2CCc3nc(N4CCN(C(=O)C(C)C)CC4)sc3C2)c1. The Morgan fingerprint density at radius 1 is 1.23 bits per heavy atom. The Morgan fingerprint density at radius 2 is 2.00 bits per heavy atom. The van der Waals surface area contributed by atoms with Gasteiger partial charge < -0.3 is 19.9 Å². The third-order valence-corrected chi connectivity index (χ3v) is 7.17. The maximum Gasteiger partial charge on any atom is 0.227 e. The second-order valence-electron chi connectivity index (χ2n) is 8.49. The number of nitrogens with zero attached hydrogens (tertiary/aromatic N) is 3. The summed E-state index contributed by atoms with van der Waals surface area (Å²) in [5.41, 5.74) is 1.89. The summed E-state index contributed by atoms with van der Waals surface area (Å²) in [5, 5.41) is 4.05. The van der Waals surface area contributed by atoms with E-state index in [1.165, 1.54) is 4.88 Å². The fraction of sp³-hybridized carbons (Fsp3) is 0.522. The van der Waals surface area contributed by atoms with E-state index in [-0.39, 0.29) is 23.7 Å². The molecule has 1 atom stereocenters. The Hall–Kier alpha value is -2.61. The first-order chi connectivity index (χ1) is 14.9. The lowest BCUT2D eigenvalue weighted by atomic mass is 9.90. The molecule has 0 radical (unpaired) electrons. The van der Waals surface area contributed by atoms with Gasteiger partial charge in [0.25, 0.3) is 0 Å². The largest absolute Gasteiger partial charge is 0.497 e. The van der Waals surface area contributed by atoms with Crippen LogP contribution in [0.3, 0.4) is 0 Å². The van der Waals surface area contributed by atoms with E-state index in [1.807, 2.05) is 43.0 Å². The lowest BCUT2D eigenvalue weighted by Gasteiger charge is -2.35. The summed E-state index contributed by atoms with van der Waals surface area (Å²) in [6.07, 6.45) is 2.37. The van der Waals surface area contributed by atoms with Crippen LogP contribution < -0.4 is 15.0 Å². The molecule has 8 heteroatoms. The molecule has 2 aliphatic rings. The zero-order valence-electron chi connectivity index (χ0n) is 18.4. The number of hydrogen-bond acceptors (Lipinski definition) is 6. The van der Waals surface area contributed by atoms with Crippen LogP contribution in [-0.4, -0.2) is 55.0 Å². The number of aryl methyl sites for hydroxylation is 1. The molecule has 2 heterocycles. The summed E-state index contributed by atoms with van der Waals surface area (Å²) in [5.74, 6) is 0.995. The molecule has 1 aliphatic heterocycles. The van der Waals surface area contributed by atoms with E-state index in [2.05, 4.69) is 10.2 Å². The summed E-state index contributed by atoms with van der Waals surface area (Å²) >= 11 is 1.70. The molecule has 2 amide bonds. The monoisotopic (exact) mass is 442 g/mol. The third kappa shape index (κ3) is 4.84. The topological polar surface area (TPSA) is 74.8 Å². The smallest absolute Gasteiger partial charge is 0.227 e. The molecule has 1 aromatic heterocycles. The van der Waals surface area contributed by atoms with E-state index in [9.17, 15) is 9.59 Å². The van der Waals surface area contributed by atoms with Gasteiger partial charge in [-0.25, -0.2) is 4.98 Å². The van der Waals surface area contributed by atoms with Gasteiger partial charge in [0.1, 0.15) is 5.75 Å². The van der Waals surface area contributed by atoms with Gasteiger partial charge in [-0.3, -0.25) is 9.59 Å². The number of hydrogen-bond donors (Lipinski definition) is 1. The number of nitrogens with one attached hydrogen (secondary N) is 1. The van der Waals surface area contributed by atoms with Crippen LogP contribution in [0.25, 0.3) is 0 Å². The predicted octanol–water partition coefficient (Wildman–Crippen LogP) is 3.20. The highest BCUT2D eigenvalue weighted by Gasteiger charge is 2.30. The lowest BCUT2D eigenvalue weighted by Crippen LogP contribution is -2.49. The van der Waals surface area contributed by atoms with Gasteiger partial charge in [0.2, 0.25) is 11.8 Å². The second kappa shape index (κ2) is 9.26. The molecule has 0 bridgehead atoms. The molecular weight excluding hydrogens is 412 g/mol. The number of anilines is 2. The third-order valence-electron chi connectivity index (χ3n) is 5.99. The Balaban J connectivity index is 1.36. The standard InChI is InChI=1S/C23H30N4O3S/c1-15(2)22(29)26-9-11-27(12-10-26)23-25-19-8-7-16(13-20(19)31-23)21(28)24-17-5-4-6-18(14-17)30-3/h4-6,14-16H,7-13H2,1-3H3,(H,24,28)/t16-/m0/s1. The number of fused-ring (bicyclic) bond motifs is 1. The van der Waals surface area contributed by atoms with Gasteiger partial charge in [0, 0.05) is 54.6 Å². The number of ether oxygens (including phenoxy) is 1. The van der Waals surface area contributed by atoms with E-state index in [0.717, 1.165) is 67.7 Å². The van der Waals surface area contributed by atoms with E-state index < -0.39 is 0 Å². The van der Waals surface area contributed by atoms with Crippen molar-refractivity contribution in [1.82, 2.24) is 9.88 Å². The number of methoxy groups -OCH3 is 1. The quantitative estimate of drug-likeness (QED) is 0.770. The summed E-state index contributed by atoms with van der Waals surface area (Å²) < 4.78 is 5.24. The predicted molar refractivity (Wildman–Crippen MR) is 123 cm³/mol. The fourth-order valence-electron chi connectivity index (χ4n) is 4.15. The van der Waals surface area contributed by atoms with Crippen molar-refractivity contribution in [3.8, 4) is 5.75 Å². The van der Waals surface area contributed by atoms with Gasteiger partial charge in [-0.05, 0) is 31.4 Å². The molecule has 0 spiro atoms. The Morgan fingerprint density at radius 3 is 2.71 bits per heavy atom. The molecular formula is C23H30N4O3S. The average molecular weight is 443 g/mol. The maximum absolute atomic E-state index is 12.8. The molecule has 1 fully saturated rings. The van der Waals surface area contributed by atoms with Gasteiger partial charge in [-0.2, -0.15) is 0 Å². The summed E-state index contributed by atoms with van der Waals surface area (Å²) in [6, 6.07) is 7.45. The summed E-state index contributed by atoms with van der Waals surface area (Å²) in [7, 11) is 1.62. The summed E-state index contributed by atoms with van der Waals surface area (Å²) in [6.45, 7) is 7.00. The van der Waals surface area contributed by atoms with E-state index in [1.54, 1.807) is 18.4 Å². The van der Waals surface area contributed by atoms with Crippen LogP contribution in [0.15, 0.2) is 24.3 Å². The Kier molecular flexibility index (Phi) is 6.46. The number of carbonyl (C=O) groups excluding carboxylic acids is 2. The van der Waals surface area contributed by atoms with Crippen LogP contribution in [0.4, 0.5) is 10.8 Å². The fourth-order valence-corrected chi connectivity index (χ4v) is 5.39. The first-order valence-corrected chi connectivity index (χ1v) is 11.7. The molecule has 7 nitrogen and oxygen atoms in total. The normalized spacial score (nSPS) is 18.6. The zero-order chi connectivity index (χ0) is 22.0. The molecule has 1 saturated heterocycles. The van der Waals surface area contributed by atoms with E-state index >= 15 is 0 Å². The van der Waals surface area contributed by atoms with E-state index in [0.29, 0.717) is 0 Å². The van der Waals surface area contributed by atoms with Crippen LogP contribution in [0.1, 0.15) is 30.8 Å². The van der Waals surface area contributed by atoms with Crippen LogP contribution in [-0.2, 0) is 22.4 Å². The molecule has 166 valence electrons. The molecule has 2 aromatic rings. The number of amides is 2. The van der Waals surface area contributed by atoms with Gasteiger partial charge in [0.05, 0.1) is 12.8 Å². The van der Waals surface area contributed by atoms with Crippen LogP contribution in [0.2, 0.25) is 0 Å². The molecule has 31 heavy (non-hydrogen) atoms. The van der Waals surface area contributed by atoms with Crippen molar-refractivity contribution in [2.75, 3.05) is 43.5 Å². The Bertz CT molecular complexity index is 950. The van der Waals surface area contributed by atoms with Crippen molar-refractivity contribution < 1.29 is 14.3 Å². The molecule has 1 aliphatic carbocycles. The van der Waals surface area contributed by atoms with Gasteiger partial charge >= 0.3 is 0 Å². The highest BCUT2D eigenvalue weighted by molar-refractivity contribution is 7.15. The zero-order valence-corrected chi connectivity index (χ0v) is 19.2. The van der Waals surface area contributed by atoms with Crippen molar-refractivity contribution in [2.24, 2.45) is 11.8 Å². The lowest BCUT2D eigenvalue weighted by molar-refractivity contribution is -0.134. The number of rotatable bonds is 5. The van der Waals surface area contributed by atoms with Crippen LogP contribution in [0, 0.1) is 11.8 Å². The number of aromatic nitrogens is 1. The first-order valence-electron chi connectivity index (χ1n) is 10.9. The minimum absolute atomic E-state index is 0.0405. The molecule has 4 rings (SSSR count). The average Bonchev–Trinajstić information content (AvgIpc) is 3.22. The van der Waals surface area contributed by atoms with Crippen molar-refractivity contribution in [2.45, 2.75) is 33.1 Å².